The summed E-state index contributed by atoms with van der Waals surface area (Å²) in [5.41, 5.74) is -0.453. The Labute approximate surface area is 179 Å². The first-order valence-electron chi connectivity index (χ1n) is 8.65. The van der Waals surface area contributed by atoms with Gasteiger partial charge in [0, 0.05) is 5.69 Å². The molecule has 3 aromatic rings. The van der Waals surface area contributed by atoms with Gasteiger partial charge in [0.1, 0.15) is 12.1 Å². The average Bonchev–Trinajstić information content (AvgIpc) is 2.68. The molecule has 12 heteroatoms. The summed E-state index contributed by atoms with van der Waals surface area (Å²) < 4.78 is 44.6. The van der Waals surface area contributed by atoms with Crippen molar-refractivity contribution in [2.75, 3.05) is 17.7 Å². The maximum absolute atomic E-state index is 13.1. The molecule has 0 aliphatic rings. The van der Waals surface area contributed by atoms with Crippen LogP contribution >= 0.6 is 11.6 Å². The predicted octanol–water partition coefficient (Wildman–Crippen LogP) is 5.86. The number of rotatable bonds is 6. The minimum atomic E-state index is -4.69. The van der Waals surface area contributed by atoms with Crippen molar-refractivity contribution < 1.29 is 22.8 Å². The number of aryl methyl sites for hydroxylation is 1. The third kappa shape index (κ3) is 4.94. The maximum Gasteiger partial charge on any atom is 0.417 e. The van der Waals surface area contributed by atoms with Crippen LogP contribution in [0.25, 0.3) is 0 Å². The van der Waals surface area contributed by atoms with Crippen LogP contribution in [0.4, 0.5) is 41.9 Å². The lowest BCUT2D eigenvalue weighted by Crippen LogP contribution is -2.08. The van der Waals surface area contributed by atoms with E-state index in [1.165, 1.54) is 13.2 Å². The molecule has 2 aromatic carbocycles. The van der Waals surface area contributed by atoms with E-state index in [9.17, 15) is 23.3 Å². The smallest absolute Gasteiger partial charge is 0.417 e. The Morgan fingerprint density at radius 1 is 1.10 bits per heavy atom. The summed E-state index contributed by atoms with van der Waals surface area (Å²) in [4.78, 5) is 18.7. The number of ether oxygens (including phenoxy) is 1. The highest BCUT2D eigenvalue weighted by Crippen LogP contribution is 2.39. The number of aromatic nitrogens is 2. The SMILES string of the molecule is COc1ccc(C)cc1Nc1ncnc(Nc2ccc(Cl)c(C(F)(F)F)c2)c1[N+](=O)[O-]. The van der Waals surface area contributed by atoms with Gasteiger partial charge in [0.2, 0.25) is 11.6 Å². The molecule has 0 fully saturated rings. The van der Waals surface area contributed by atoms with Gasteiger partial charge in [-0.25, -0.2) is 9.97 Å². The molecule has 0 unspecified atom stereocenters. The van der Waals surface area contributed by atoms with Gasteiger partial charge in [0.25, 0.3) is 0 Å². The lowest BCUT2D eigenvalue weighted by molar-refractivity contribution is -0.383. The number of nitrogens with zero attached hydrogens (tertiary/aromatic N) is 3. The molecule has 162 valence electrons. The lowest BCUT2D eigenvalue weighted by Gasteiger charge is -2.14. The molecule has 3 rings (SSSR count). The number of alkyl halides is 3. The summed E-state index contributed by atoms with van der Waals surface area (Å²) in [5.74, 6) is -0.0542. The fraction of sp³-hybridized carbons (Fsp3) is 0.158. The van der Waals surface area contributed by atoms with E-state index in [0.717, 1.165) is 24.0 Å². The highest BCUT2D eigenvalue weighted by molar-refractivity contribution is 6.31. The zero-order valence-corrected chi connectivity index (χ0v) is 16.9. The van der Waals surface area contributed by atoms with Gasteiger partial charge in [-0.2, -0.15) is 13.2 Å². The number of anilines is 4. The Morgan fingerprint density at radius 2 is 1.77 bits per heavy atom. The summed E-state index contributed by atoms with van der Waals surface area (Å²) in [6, 6.07) is 8.20. The molecule has 1 heterocycles. The zero-order chi connectivity index (χ0) is 22.8. The second-order valence-corrected chi connectivity index (χ2v) is 6.73. The van der Waals surface area contributed by atoms with E-state index >= 15 is 0 Å². The molecule has 0 aliphatic heterocycles. The number of methoxy groups -OCH3 is 1. The van der Waals surface area contributed by atoms with Crippen molar-refractivity contribution in [3.05, 3.63) is 69.0 Å². The molecule has 0 spiro atoms. The third-order valence-electron chi connectivity index (χ3n) is 4.15. The van der Waals surface area contributed by atoms with E-state index in [-0.39, 0.29) is 17.3 Å². The van der Waals surface area contributed by atoms with Crippen molar-refractivity contribution in [1.29, 1.82) is 0 Å². The van der Waals surface area contributed by atoms with E-state index in [0.29, 0.717) is 11.4 Å². The molecule has 0 saturated heterocycles. The van der Waals surface area contributed by atoms with Crippen molar-refractivity contribution in [2.24, 2.45) is 0 Å². The first-order valence-corrected chi connectivity index (χ1v) is 9.02. The second kappa shape index (κ2) is 8.64. The van der Waals surface area contributed by atoms with Crippen LogP contribution in [-0.2, 0) is 6.18 Å². The fourth-order valence-corrected chi connectivity index (χ4v) is 2.96. The highest BCUT2D eigenvalue weighted by Gasteiger charge is 2.33. The molecule has 0 atom stereocenters. The summed E-state index contributed by atoms with van der Waals surface area (Å²) >= 11 is 5.62. The number of halogens is 4. The Balaban J connectivity index is 2.02. The molecule has 0 radical (unpaired) electrons. The number of nitrogens with one attached hydrogen (secondary N) is 2. The van der Waals surface area contributed by atoms with Crippen LogP contribution < -0.4 is 15.4 Å². The van der Waals surface area contributed by atoms with Crippen LogP contribution in [0.5, 0.6) is 5.75 Å². The third-order valence-corrected chi connectivity index (χ3v) is 4.48. The molecular weight excluding hydrogens is 439 g/mol. The first kappa shape index (κ1) is 22.1. The van der Waals surface area contributed by atoms with E-state index in [1.807, 2.05) is 6.92 Å². The molecule has 1 aromatic heterocycles. The average molecular weight is 454 g/mol. The van der Waals surface area contributed by atoms with Crippen molar-refractivity contribution in [3.8, 4) is 5.75 Å². The Kier molecular flexibility index (Phi) is 6.16. The minimum Gasteiger partial charge on any atom is -0.495 e. The van der Waals surface area contributed by atoms with Crippen LogP contribution in [0.1, 0.15) is 11.1 Å². The van der Waals surface area contributed by atoms with Crippen molar-refractivity contribution in [3.63, 3.8) is 0 Å². The topological polar surface area (TPSA) is 102 Å². The molecule has 2 N–H and O–H groups in total. The minimum absolute atomic E-state index is 0.0855. The highest BCUT2D eigenvalue weighted by atomic mass is 35.5. The van der Waals surface area contributed by atoms with Gasteiger partial charge in [0.15, 0.2) is 0 Å². The fourth-order valence-electron chi connectivity index (χ4n) is 2.74. The van der Waals surface area contributed by atoms with Crippen LogP contribution in [0, 0.1) is 17.0 Å². The number of hydrogen-bond acceptors (Lipinski definition) is 7. The monoisotopic (exact) mass is 453 g/mol. The van der Waals surface area contributed by atoms with E-state index < -0.39 is 27.4 Å². The molecule has 0 bridgehead atoms. The first-order chi connectivity index (χ1) is 14.6. The number of benzene rings is 2. The molecule has 0 amide bonds. The number of nitro groups is 1. The van der Waals surface area contributed by atoms with Crippen molar-refractivity contribution >= 4 is 40.3 Å². The predicted molar refractivity (Wildman–Crippen MR) is 109 cm³/mol. The maximum atomic E-state index is 13.1. The van der Waals surface area contributed by atoms with Crippen LogP contribution in [-0.4, -0.2) is 22.0 Å². The zero-order valence-electron chi connectivity index (χ0n) is 16.1. The van der Waals surface area contributed by atoms with Gasteiger partial charge in [-0.3, -0.25) is 10.1 Å². The van der Waals surface area contributed by atoms with E-state index in [1.54, 1.807) is 18.2 Å². The quantitative estimate of drug-likeness (QED) is 0.356. The van der Waals surface area contributed by atoms with Crippen LogP contribution in [0.2, 0.25) is 5.02 Å². The largest absolute Gasteiger partial charge is 0.495 e. The summed E-state index contributed by atoms with van der Waals surface area (Å²) in [7, 11) is 1.44. The normalized spacial score (nSPS) is 11.2. The lowest BCUT2D eigenvalue weighted by atomic mass is 10.2. The summed E-state index contributed by atoms with van der Waals surface area (Å²) in [6.45, 7) is 1.82. The molecule has 0 aliphatic carbocycles. The summed E-state index contributed by atoms with van der Waals surface area (Å²) in [6.07, 6.45) is -3.65. The van der Waals surface area contributed by atoms with Crippen molar-refractivity contribution in [1.82, 2.24) is 9.97 Å². The Bertz CT molecular complexity index is 1140. The van der Waals surface area contributed by atoms with Gasteiger partial charge in [0.05, 0.1) is 28.3 Å². The van der Waals surface area contributed by atoms with Gasteiger partial charge in [-0.1, -0.05) is 17.7 Å². The standard InChI is InChI=1S/C19H15ClF3N5O3/c1-10-3-6-15(31-2)14(7-10)27-18-16(28(29)30)17(24-9-25-18)26-11-4-5-13(20)12(8-11)19(21,22)23/h3-9H,1-2H3,(H2,24,25,26,27). The van der Waals surface area contributed by atoms with Crippen molar-refractivity contribution in [2.45, 2.75) is 13.1 Å². The van der Waals surface area contributed by atoms with Crippen LogP contribution in [0.3, 0.4) is 0 Å². The molecular formula is C19H15ClF3N5O3. The van der Waals surface area contributed by atoms with Crippen LogP contribution in [0.15, 0.2) is 42.7 Å². The Hall–Kier alpha value is -3.60. The molecule has 31 heavy (non-hydrogen) atoms. The van der Waals surface area contributed by atoms with Gasteiger partial charge in [-0.15, -0.1) is 0 Å². The van der Waals surface area contributed by atoms with E-state index in [2.05, 4.69) is 20.6 Å². The molecule has 0 saturated carbocycles. The van der Waals surface area contributed by atoms with E-state index in [4.69, 9.17) is 16.3 Å². The summed E-state index contributed by atoms with van der Waals surface area (Å²) in [5, 5.41) is 16.6. The number of hydrogen-bond donors (Lipinski definition) is 2. The second-order valence-electron chi connectivity index (χ2n) is 6.32. The van der Waals surface area contributed by atoms with Gasteiger partial charge in [-0.05, 0) is 42.8 Å². The van der Waals surface area contributed by atoms with Gasteiger partial charge < -0.3 is 15.4 Å². The Morgan fingerprint density at radius 3 is 2.39 bits per heavy atom. The van der Waals surface area contributed by atoms with Gasteiger partial charge >= 0.3 is 11.9 Å². The molecule has 8 nitrogen and oxygen atoms in total.